The van der Waals surface area contributed by atoms with E-state index < -0.39 is 0 Å². The predicted molar refractivity (Wildman–Crippen MR) is 60.8 cm³/mol. The largest absolute Gasteiger partial charge is 0.327 e. The van der Waals surface area contributed by atoms with E-state index in [9.17, 15) is 0 Å². The van der Waals surface area contributed by atoms with Crippen LogP contribution in [0.4, 0.5) is 0 Å². The van der Waals surface area contributed by atoms with E-state index in [4.69, 9.17) is 5.73 Å². The minimum Gasteiger partial charge on any atom is -0.327 e. The number of nitrogens with two attached hydrogens (primary N) is 1. The number of likely N-dealkylation sites (tertiary alicyclic amines) is 1. The topological polar surface area (TPSA) is 29.3 Å². The second-order valence-electron chi connectivity index (χ2n) is 4.22. The molecule has 2 nitrogen and oxygen atoms in total. The normalized spacial score (nSPS) is 38.8. The Bertz CT molecular complexity index is 155. The summed E-state index contributed by atoms with van der Waals surface area (Å²) < 4.78 is 0. The summed E-state index contributed by atoms with van der Waals surface area (Å²) in [6, 6.07) is 0.503. The van der Waals surface area contributed by atoms with Crippen molar-refractivity contribution in [2.45, 2.75) is 25.3 Å². The van der Waals surface area contributed by atoms with Gasteiger partial charge in [0.15, 0.2) is 0 Å². The Kier molecular flexibility index (Phi) is 5.61. The molecule has 2 N–H and O–H groups in total. The van der Waals surface area contributed by atoms with E-state index in [0.29, 0.717) is 6.04 Å². The molecule has 1 aliphatic heterocycles. The minimum atomic E-state index is 0. The molecular formula is C9H20Cl2N2. The van der Waals surface area contributed by atoms with Crippen molar-refractivity contribution in [3.8, 4) is 0 Å². The van der Waals surface area contributed by atoms with Crippen LogP contribution in [-0.2, 0) is 0 Å². The summed E-state index contributed by atoms with van der Waals surface area (Å²) in [7, 11) is 2.21. The van der Waals surface area contributed by atoms with Crippen molar-refractivity contribution >= 4 is 24.8 Å². The summed E-state index contributed by atoms with van der Waals surface area (Å²) in [5, 5.41) is 0. The van der Waals surface area contributed by atoms with E-state index >= 15 is 0 Å². The van der Waals surface area contributed by atoms with Crippen LogP contribution in [0.2, 0.25) is 0 Å². The van der Waals surface area contributed by atoms with Crippen molar-refractivity contribution in [3.05, 3.63) is 0 Å². The first-order valence-corrected chi connectivity index (χ1v) is 4.71. The van der Waals surface area contributed by atoms with Crippen LogP contribution < -0.4 is 5.73 Å². The Morgan fingerprint density at radius 3 is 2.54 bits per heavy atom. The van der Waals surface area contributed by atoms with E-state index in [0.717, 1.165) is 11.8 Å². The number of piperidine rings is 1. The van der Waals surface area contributed by atoms with Gasteiger partial charge < -0.3 is 10.6 Å². The summed E-state index contributed by atoms with van der Waals surface area (Å²) in [4.78, 5) is 2.42. The Balaban J connectivity index is 0.000000720. The maximum atomic E-state index is 6.02. The second-order valence-corrected chi connectivity index (χ2v) is 4.22. The Hall–Kier alpha value is 0.500. The van der Waals surface area contributed by atoms with Gasteiger partial charge in [-0.2, -0.15) is 0 Å². The van der Waals surface area contributed by atoms with E-state index in [1.807, 2.05) is 0 Å². The molecule has 1 heterocycles. The lowest BCUT2D eigenvalue weighted by Gasteiger charge is -2.34. The summed E-state index contributed by atoms with van der Waals surface area (Å²) in [6.45, 7) is 2.53. The zero-order chi connectivity index (χ0) is 7.84. The van der Waals surface area contributed by atoms with Crippen LogP contribution in [0.25, 0.3) is 0 Å². The highest BCUT2D eigenvalue weighted by Crippen LogP contribution is 2.36. The van der Waals surface area contributed by atoms with Crippen LogP contribution in [0.15, 0.2) is 0 Å². The number of rotatable bonds is 0. The van der Waals surface area contributed by atoms with Gasteiger partial charge >= 0.3 is 0 Å². The number of fused-ring (bicyclic) bond motifs is 1. The summed E-state index contributed by atoms with van der Waals surface area (Å²) in [5.41, 5.74) is 6.02. The lowest BCUT2D eigenvalue weighted by Crippen LogP contribution is -2.42. The first kappa shape index (κ1) is 13.5. The van der Waals surface area contributed by atoms with Crippen LogP contribution in [-0.4, -0.2) is 31.1 Å². The van der Waals surface area contributed by atoms with E-state index in [-0.39, 0.29) is 24.8 Å². The van der Waals surface area contributed by atoms with Crippen LogP contribution in [0.1, 0.15) is 19.3 Å². The molecule has 1 aliphatic carbocycles. The van der Waals surface area contributed by atoms with Gasteiger partial charge in [-0.1, -0.05) is 0 Å². The maximum Gasteiger partial charge on any atom is 0.00821 e. The van der Waals surface area contributed by atoms with E-state index in [2.05, 4.69) is 11.9 Å². The third-order valence-corrected chi connectivity index (χ3v) is 3.43. The summed E-state index contributed by atoms with van der Waals surface area (Å²) in [5.74, 6) is 1.77. The molecule has 2 fully saturated rings. The van der Waals surface area contributed by atoms with Crippen molar-refractivity contribution in [2.24, 2.45) is 17.6 Å². The number of halogens is 2. The molecule has 1 saturated heterocycles. The number of nitrogens with zero attached hydrogens (tertiary/aromatic N) is 1. The van der Waals surface area contributed by atoms with Gasteiger partial charge in [0.2, 0.25) is 0 Å². The average Bonchev–Trinajstić information content (AvgIpc) is 2.33. The predicted octanol–water partition coefficient (Wildman–Crippen LogP) is 1.52. The van der Waals surface area contributed by atoms with Gasteiger partial charge in [-0.25, -0.2) is 0 Å². The van der Waals surface area contributed by atoms with Crippen molar-refractivity contribution in [3.63, 3.8) is 0 Å². The molecular weight excluding hydrogens is 207 g/mol. The fraction of sp³-hybridized carbons (Fsp3) is 1.00. The van der Waals surface area contributed by atoms with Gasteiger partial charge in [-0.15, -0.1) is 24.8 Å². The molecule has 2 aliphatic rings. The molecule has 0 spiro atoms. The summed E-state index contributed by atoms with van der Waals surface area (Å²) >= 11 is 0. The van der Waals surface area contributed by atoms with Crippen LogP contribution in [0.3, 0.4) is 0 Å². The van der Waals surface area contributed by atoms with Crippen LogP contribution in [0, 0.1) is 11.8 Å². The lowest BCUT2D eigenvalue weighted by atomic mass is 9.87. The molecule has 0 aromatic heterocycles. The zero-order valence-corrected chi connectivity index (χ0v) is 9.74. The summed E-state index contributed by atoms with van der Waals surface area (Å²) in [6.07, 6.45) is 4.04. The monoisotopic (exact) mass is 226 g/mol. The lowest BCUT2D eigenvalue weighted by molar-refractivity contribution is 0.157. The average molecular weight is 227 g/mol. The fourth-order valence-electron chi connectivity index (χ4n) is 2.66. The van der Waals surface area contributed by atoms with Crippen LogP contribution >= 0.6 is 24.8 Å². The quantitative estimate of drug-likeness (QED) is 0.679. The molecule has 3 atom stereocenters. The van der Waals surface area contributed by atoms with Gasteiger partial charge in [-0.3, -0.25) is 0 Å². The van der Waals surface area contributed by atoms with Crippen molar-refractivity contribution in [1.29, 1.82) is 0 Å². The number of hydrogen-bond donors (Lipinski definition) is 1. The molecule has 3 unspecified atom stereocenters. The first-order chi connectivity index (χ1) is 5.27. The molecule has 2 rings (SSSR count). The minimum absolute atomic E-state index is 0. The molecule has 0 amide bonds. The molecule has 4 heteroatoms. The highest BCUT2D eigenvalue weighted by Gasteiger charge is 2.36. The van der Waals surface area contributed by atoms with Gasteiger partial charge in [0.05, 0.1) is 0 Å². The standard InChI is InChI=1S/C9H18N2.2ClH/c1-11-5-4-7-2-3-9(10)8(7)6-11;;/h7-9H,2-6,10H2,1H3;2*1H. The molecule has 0 radical (unpaired) electrons. The van der Waals surface area contributed by atoms with Gasteiger partial charge in [0, 0.05) is 12.6 Å². The second kappa shape index (κ2) is 5.40. The van der Waals surface area contributed by atoms with E-state index in [1.165, 1.54) is 32.4 Å². The van der Waals surface area contributed by atoms with Crippen molar-refractivity contribution < 1.29 is 0 Å². The van der Waals surface area contributed by atoms with Gasteiger partial charge in [-0.05, 0) is 44.7 Å². The van der Waals surface area contributed by atoms with Crippen molar-refractivity contribution in [2.75, 3.05) is 20.1 Å². The van der Waals surface area contributed by atoms with E-state index in [1.54, 1.807) is 0 Å². The zero-order valence-electron chi connectivity index (χ0n) is 8.11. The molecule has 13 heavy (non-hydrogen) atoms. The molecule has 1 saturated carbocycles. The molecule has 0 bridgehead atoms. The van der Waals surface area contributed by atoms with Crippen LogP contribution in [0.5, 0.6) is 0 Å². The molecule has 0 aromatic carbocycles. The highest BCUT2D eigenvalue weighted by atomic mass is 35.5. The van der Waals surface area contributed by atoms with Gasteiger partial charge in [0.1, 0.15) is 0 Å². The Morgan fingerprint density at radius 2 is 1.85 bits per heavy atom. The number of hydrogen-bond acceptors (Lipinski definition) is 2. The van der Waals surface area contributed by atoms with Gasteiger partial charge in [0.25, 0.3) is 0 Å². The SMILES string of the molecule is CN1CCC2CCC(N)C2C1.Cl.Cl. The third kappa shape index (κ3) is 2.72. The Labute approximate surface area is 93.1 Å². The first-order valence-electron chi connectivity index (χ1n) is 4.71. The smallest absolute Gasteiger partial charge is 0.00821 e. The third-order valence-electron chi connectivity index (χ3n) is 3.43. The molecule has 0 aromatic rings. The van der Waals surface area contributed by atoms with Crippen molar-refractivity contribution in [1.82, 2.24) is 4.90 Å². The highest BCUT2D eigenvalue weighted by molar-refractivity contribution is 5.85. The molecule has 80 valence electrons. The maximum absolute atomic E-state index is 6.02. The fourth-order valence-corrected chi connectivity index (χ4v) is 2.66. The Morgan fingerprint density at radius 1 is 1.15 bits per heavy atom.